The van der Waals surface area contributed by atoms with Gasteiger partial charge in [-0.05, 0) is 36.4 Å². The summed E-state index contributed by atoms with van der Waals surface area (Å²) in [5.74, 6) is 3.64. The van der Waals surface area contributed by atoms with Gasteiger partial charge in [-0.3, -0.25) is 4.79 Å². The number of methoxy groups -OCH3 is 9. The van der Waals surface area contributed by atoms with Crippen molar-refractivity contribution in [2.45, 2.75) is 18.1 Å². The molecule has 12 heteroatoms. The van der Waals surface area contributed by atoms with Gasteiger partial charge in [0.15, 0.2) is 34.5 Å². The van der Waals surface area contributed by atoms with E-state index in [-0.39, 0.29) is 11.2 Å². The van der Waals surface area contributed by atoms with Gasteiger partial charge in [0.2, 0.25) is 11.5 Å². The molecule has 12 nitrogen and oxygen atoms in total. The molecule has 0 radical (unpaired) electrons. The standard InChI is InChI=1S/C39H40O12/c1-41-21-10-12-23-26(40)19-29(50-27(23)16-21)25-18-32(45-5)37(47-7)39(49-9)34(25)33-24-13-11-22(42-2)17-28(24)51-35(38(33)48-8)20-14-30(43-3)36(46-6)31(15-20)44-4/h10-19,33,35,38H,1-9H3. The van der Waals surface area contributed by atoms with Crippen LogP contribution in [0.25, 0.3) is 22.3 Å². The fourth-order valence-corrected chi connectivity index (χ4v) is 6.75. The van der Waals surface area contributed by atoms with E-state index in [4.69, 9.17) is 51.8 Å². The minimum absolute atomic E-state index is 0.246. The predicted octanol–water partition coefficient (Wildman–Crippen LogP) is 6.81. The molecule has 0 aliphatic carbocycles. The molecule has 0 bridgehead atoms. The maximum atomic E-state index is 13.6. The molecule has 0 saturated carbocycles. The molecule has 3 atom stereocenters. The molecule has 1 aliphatic heterocycles. The number of hydrogen-bond donors (Lipinski definition) is 0. The number of hydrogen-bond acceptors (Lipinski definition) is 12. The summed E-state index contributed by atoms with van der Waals surface area (Å²) < 4.78 is 65.6. The second kappa shape index (κ2) is 14.6. The molecule has 0 amide bonds. The van der Waals surface area contributed by atoms with E-state index in [9.17, 15) is 4.79 Å². The van der Waals surface area contributed by atoms with Crippen molar-refractivity contribution in [3.8, 4) is 63.1 Å². The molecule has 2 heterocycles. The van der Waals surface area contributed by atoms with Gasteiger partial charge in [0.25, 0.3) is 0 Å². The van der Waals surface area contributed by atoms with Gasteiger partial charge >= 0.3 is 0 Å². The molecular formula is C39H40O12. The predicted molar refractivity (Wildman–Crippen MR) is 189 cm³/mol. The van der Waals surface area contributed by atoms with Crippen molar-refractivity contribution in [2.75, 3.05) is 64.0 Å². The zero-order valence-corrected chi connectivity index (χ0v) is 29.9. The van der Waals surface area contributed by atoms with Gasteiger partial charge in [-0.1, -0.05) is 6.07 Å². The van der Waals surface area contributed by atoms with Crippen LogP contribution in [0.5, 0.6) is 51.7 Å². The molecule has 6 rings (SSSR count). The number of benzene rings is 4. The smallest absolute Gasteiger partial charge is 0.203 e. The molecule has 0 fully saturated rings. The fourth-order valence-electron chi connectivity index (χ4n) is 6.75. The third kappa shape index (κ3) is 6.05. The quantitative estimate of drug-likeness (QED) is 0.136. The Bertz CT molecular complexity index is 2100. The van der Waals surface area contributed by atoms with Gasteiger partial charge in [-0.2, -0.15) is 0 Å². The Labute approximate surface area is 295 Å². The molecule has 0 spiro atoms. The van der Waals surface area contributed by atoms with Gasteiger partial charge in [-0.25, -0.2) is 0 Å². The highest BCUT2D eigenvalue weighted by Crippen LogP contribution is 2.56. The molecule has 1 aliphatic rings. The lowest BCUT2D eigenvalue weighted by Gasteiger charge is -2.40. The third-order valence-corrected chi connectivity index (χ3v) is 9.11. The Hall–Kier alpha value is -5.75. The van der Waals surface area contributed by atoms with E-state index in [0.29, 0.717) is 79.4 Å². The van der Waals surface area contributed by atoms with Crippen molar-refractivity contribution in [3.05, 3.63) is 87.6 Å². The Morgan fingerprint density at radius 1 is 0.588 bits per heavy atom. The third-order valence-electron chi connectivity index (χ3n) is 9.11. The maximum Gasteiger partial charge on any atom is 0.203 e. The summed E-state index contributed by atoms with van der Waals surface area (Å²) in [4.78, 5) is 13.6. The average molecular weight is 701 g/mol. The Kier molecular flexibility index (Phi) is 10.1. The largest absolute Gasteiger partial charge is 0.497 e. The van der Waals surface area contributed by atoms with Crippen molar-refractivity contribution >= 4 is 11.0 Å². The van der Waals surface area contributed by atoms with Crippen LogP contribution < -0.4 is 48.1 Å². The fraction of sp³-hybridized carbons (Fsp3) is 0.308. The van der Waals surface area contributed by atoms with Crippen LogP contribution in [0.2, 0.25) is 0 Å². The summed E-state index contributed by atoms with van der Waals surface area (Å²) in [7, 11) is 14.0. The van der Waals surface area contributed by atoms with Gasteiger partial charge in [0, 0.05) is 53.5 Å². The molecule has 1 aromatic heterocycles. The zero-order valence-electron chi connectivity index (χ0n) is 29.9. The van der Waals surface area contributed by atoms with E-state index < -0.39 is 18.1 Å². The van der Waals surface area contributed by atoms with Crippen molar-refractivity contribution < 1.29 is 51.8 Å². The van der Waals surface area contributed by atoms with E-state index in [0.717, 1.165) is 5.56 Å². The first-order valence-corrected chi connectivity index (χ1v) is 15.9. The van der Waals surface area contributed by atoms with E-state index in [1.165, 1.54) is 20.3 Å². The second-order valence-electron chi connectivity index (χ2n) is 11.5. The van der Waals surface area contributed by atoms with Gasteiger partial charge < -0.3 is 51.8 Å². The topological polar surface area (TPSA) is 123 Å². The molecule has 5 aromatic rings. The lowest BCUT2D eigenvalue weighted by molar-refractivity contribution is -0.0232. The van der Waals surface area contributed by atoms with Crippen LogP contribution in [0, 0.1) is 0 Å². The van der Waals surface area contributed by atoms with Crippen LogP contribution in [0.4, 0.5) is 0 Å². The monoisotopic (exact) mass is 700 g/mol. The molecule has 3 unspecified atom stereocenters. The van der Waals surface area contributed by atoms with E-state index in [1.54, 1.807) is 74.0 Å². The summed E-state index contributed by atoms with van der Waals surface area (Å²) >= 11 is 0. The Balaban J connectivity index is 1.70. The summed E-state index contributed by atoms with van der Waals surface area (Å²) in [5, 5.41) is 0.397. The van der Waals surface area contributed by atoms with Crippen LogP contribution in [0.3, 0.4) is 0 Å². The first kappa shape index (κ1) is 35.1. The molecule has 268 valence electrons. The van der Waals surface area contributed by atoms with Crippen LogP contribution in [-0.2, 0) is 4.74 Å². The van der Waals surface area contributed by atoms with Gasteiger partial charge in [0.05, 0.1) is 62.3 Å². The molecule has 4 aromatic carbocycles. The molecule has 0 N–H and O–H groups in total. The van der Waals surface area contributed by atoms with Gasteiger partial charge in [-0.15, -0.1) is 0 Å². The maximum absolute atomic E-state index is 13.6. The highest BCUT2D eigenvalue weighted by Gasteiger charge is 2.45. The van der Waals surface area contributed by atoms with Crippen molar-refractivity contribution in [1.29, 1.82) is 0 Å². The lowest BCUT2D eigenvalue weighted by Crippen LogP contribution is -2.37. The zero-order chi connectivity index (χ0) is 36.4. The Morgan fingerprint density at radius 2 is 1.20 bits per heavy atom. The minimum atomic E-state index is -0.744. The highest BCUT2D eigenvalue weighted by atomic mass is 16.6. The van der Waals surface area contributed by atoms with Crippen molar-refractivity contribution in [3.63, 3.8) is 0 Å². The summed E-state index contributed by atoms with van der Waals surface area (Å²) in [6, 6.07) is 17.5. The summed E-state index contributed by atoms with van der Waals surface area (Å²) in [5.41, 5.74) is 2.63. The first-order valence-electron chi connectivity index (χ1n) is 15.9. The van der Waals surface area contributed by atoms with Crippen molar-refractivity contribution in [1.82, 2.24) is 0 Å². The lowest BCUT2D eigenvalue weighted by atomic mass is 9.77. The second-order valence-corrected chi connectivity index (χ2v) is 11.5. The normalized spacial score (nSPS) is 16.5. The van der Waals surface area contributed by atoms with Crippen molar-refractivity contribution in [2.24, 2.45) is 0 Å². The van der Waals surface area contributed by atoms with E-state index in [2.05, 4.69) is 0 Å². The molecule has 51 heavy (non-hydrogen) atoms. The summed E-state index contributed by atoms with van der Waals surface area (Å²) in [6.07, 6.45) is -1.46. The van der Waals surface area contributed by atoms with Crippen LogP contribution in [0.15, 0.2) is 69.9 Å². The van der Waals surface area contributed by atoms with Gasteiger partial charge in [0.1, 0.15) is 34.7 Å². The summed E-state index contributed by atoms with van der Waals surface area (Å²) in [6.45, 7) is 0. The van der Waals surface area contributed by atoms with E-state index in [1.807, 2.05) is 30.3 Å². The van der Waals surface area contributed by atoms with Crippen LogP contribution >= 0.6 is 0 Å². The minimum Gasteiger partial charge on any atom is -0.497 e. The SMILES string of the molecule is COc1ccc2c(c1)OC(c1cc(OC)c(OC)c(OC)c1)C(OC)C2c1c(-c2cc(=O)c3ccc(OC)cc3o2)cc(OC)c(OC)c1OC. The Morgan fingerprint density at radius 3 is 1.78 bits per heavy atom. The average Bonchev–Trinajstić information content (AvgIpc) is 3.17. The first-order chi connectivity index (χ1) is 24.8. The van der Waals surface area contributed by atoms with E-state index >= 15 is 0 Å². The van der Waals surface area contributed by atoms with Crippen LogP contribution in [-0.4, -0.2) is 70.1 Å². The molecule has 0 saturated heterocycles. The number of ether oxygens (including phenoxy) is 10. The van der Waals surface area contributed by atoms with Crippen LogP contribution in [0.1, 0.15) is 28.7 Å². The number of fused-ring (bicyclic) bond motifs is 2. The highest BCUT2D eigenvalue weighted by molar-refractivity contribution is 5.82. The number of rotatable bonds is 12. The molecular weight excluding hydrogens is 660 g/mol.